The van der Waals surface area contributed by atoms with Crippen LogP contribution < -0.4 is 10.6 Å². The quantitative estimate of drug-likeness (QED) is 0.750. The molecule has 0 aliphatic carbocycles. The van der Waals surface area contributed by atoms with Crippen LogP contribution >= 0.6 is 11.8 Å². The summed E-state index contributed by atoms with van der Waals surface area (Å²) in [5.41, 5.74) is 0. The molecule has 0 aromatic carbocycles. The first kappa shape index (κ1) is 11.7. The smallest absolute Gasteiger partial charge is 0.0699 e. The van der Waals surface area contributed by atoms with Gasteiger partial charge < -0.3 is 15.4 Å². The Hall–Kier alpha value is 0.230. The van der Waals surface area contributed by atoms with E-state index in [9.17, 15) is 0 Å². The van der Waals surface area contributed by atoms with Crippen molar-refractivity contribution < 1.29 is 4.74 Å². The lowest BCUT2D eigenvalue weighted by Gasteiger charge is -2.26. The summed E-state index contributed by atoms with van der Waals surface area (Å²) < 4.78 is 5.68. The van der Waals surface area contributed by atoms with Gasteiger partial charge in [0.25, 0.3) is 0 Å². The van der Waals surface area contributed by atoms with Crippen molar-refractivity contribution in [3.63, 3.8) is 0 Å². The number of rotatable bonds is 4. The predicted octanol–water partition coefficient (Wildman–Crippen LogP) is 0.850. The van der Waals surface area contributed by atoms with Crippen molar-refractivity contribution in [2.75, 3.05) is 37.7 Å². The molecule has 0 aromatic heterocycles. The third kappa shape index (κ3) is 4.31. The Balaban J connectivity index is 1.53. The highest BCUT2D eigenvalue weighted by atomic mass is 32.2. The summed E-state index contributed by atoms with van der Waals surface area (Å²) in [5, 5.41) is 7.06. The highest BCUT2D eigenvalue weighted by Crippen LogP contribution is 2.12. The van der Waals surface area contributed by atoms with Crippen molar-refractivity contribution in [2.24, 2.45) is 0 Å². The highest BCUT2D eigenvalue weighted by molar-refractivity contribution is 7.99. The first-order valence-corrected chi connectivity index (χ1v) is 7.24. The van der Waals surface area contributed by atoms with E-state index in [2.05, 4.69) is 22.4 Å². The monoisotopic (exact) mass is 230 g/mol. The Kier molecular flexibility index (Phi) is 5.26. The average Bonchev–Trinajstić information content (AvgIpc) is 2.32. The van der Waals surface area contributed by atoms with Crippen LogP contribution in [-0.2, 0) is 4.74 Å². The lowest BCUT2D eigenvalue weighted by molar-refractivity contribution is 0.0168. The highest BCUT2D eigenvalue weighted by Gasteiger charge is 2.15. The van der Waals surface area contributed by atoms with Crippen LogP contribution in [0.3, 0.4) is 0 Å². The van der Waals surface area contributed by atoms with E-state index in [1.165, 1.54) is 30.8 Å². The third-order valence-corrected chi connectivity index (χ3v) is 4.17. The van der Waals surface area contributed by atoms with Crippen molar-refractivity contribution in [2.45, 2.75) is 31.4 Å². The molecule has 2 N–H and O–H groups in total. The molecule has 2 rings (SSSR count). The summed E-state index contributed by atoms with van der Waals surface area (Å²) in [5.74, 6) is 2.51. The second kappa shape index (κ2) is 6.74. The fourth-order valence-electron chi connectivity index (χ4n) is 2.14. The van der Waals surface area contributed by atoms with Crippen LogP contribution in [0.4, 0.5) is 0 Å². The van der Waals surface area contributed by atoms with Gasteiger partial charge in [0.2, 0.25) is 0 Å². The molecule has 88 valence electrons. The molecule has 2 fully saturated rings. The minimum Gasteiger partial charge on any atom is -0.377 e. The normalized spacial score (nSPS) is 32.8. The van der Waals surface area contributed by atoms with Crippen LogP contribution in [0.15, 0.2) is 0 Å². The van der Waals surface area contributed by atoms with Crippen molar-refractivity contribution in [1.82, 2.24) is 10.6 Å². The van der Waals surface area contributed by atoms with Crippen molar-refractivity contribution >= 4 is 11.8 Å². The molecule has 0 aromatic rings. The Morgan fingerprint density at radius 2 is 2.33 bits per heavy atom. The van der Waals surface area contributed by atoms with E-state index in [1.54, 1.807) is 0 Å². The average molecular weight is 230 g/mol. The summed E-state index contributed by atoms with van der Waals surface area (Å²) in [4.78, 5) is 0. The first-order valence-electron chi connectivity index (χ1n) is 6.08. The van der Waals surface area contributed by atoms with E-state index < -0.39 is 0 Å². The van der Waals surface area contributed by atoms with Gasteiger partial charge >= 0.3 is 0 Å². The topological polar surface area (TPSA) is 33.3 Å². The number of ether oxygens (including phenoxy) is 1. The Labute approximate surface area is 96.7 Å². The fourth-order valence-corrected chi connectivity index (χ4v) is 3.09. The maximum atomic E-state index is 5.68. The molecule has 2 aliphatic heterocycles. The molecule has 3 nitrogen and oxygen atoms in total. The molecule has 0 saturated carbocycles. The van der Waals surface area contributed by atoms with Crippen LogP contribution in [0.1, 0.15) is 19.3 Å². The maximum Gasteiger partial charge on any atom is 0.0699 e. The largest absolute Gasteiger partial charge is 0.377 e. The molecular formula is C11H22N2OS. The zero-order chi connectivity index (χ0) is 10.3. The molecular weight excluding hydrogens is 208 g/mol. The van der Waals surface area contributed by atoms with E-state index in [1.807, 2.05) is 0 Å². The molecule has 0 bridgehead atoms. The number of nitrogens with one attached hydrogen (secondary N) is 2. The summed E-state index contributed by atoms with van der Waals surface area (Å²) in [6, 6.07) is 0.660. The lowest BCUT2D eigenvalue weighted by Crippen LogP contribution is -2.46. The second-order valence-electron chi connectivity index (χ2n) is 4.37. The minimum atomic E-state index is 0.468. The van der Waals surface area contributed by atoms with Crippen LogP contribution in [0, 0.1) is 0 Å². The van der Waals surface area contributed by atoms with Crippen LogP contribution in [0.25, 0.3) is 0 Å². The van der Waals surface area contributed by atoms with Gasteiger partial charge in [-0.1, -0.05) is 0 Å². The fraction of sp³-hybridized carbons (Fsp3) is 1.00. The molecule has 2 saturated heterocycles. The molecule has 2 atom stereocenters. The van der Waals surface area contributed by atoms with Gasteiger partial charge in [0, 0.05) is 43.8 Å². The standard InChI is InChI=1S/C11H22N2OS/c1-2-5-14-11(3-1)8-12-7-10-9-15-6-4-13-10/h10-13H,1-9H2. The van der Waals surface area contributed by atoms with E-state index in [4.69, 9.17) is 4.74 Å². The van der Waals surface area contributed by atoms with Gasteiger partial charge in [-0.25, -0.2) is 0 Å². The van der Waals surface area contributed by atoms with Crippen LogP contribution in [0.5, 0.6) is 0 Å². The second-order valence-corrected chi connectivity index (χ2v) is 5.52. The van der Waals surface area contributed by atoms with Crippen LogP contribution in [0.2, 0.25) is 0 Å². The van der Waals surface area contributed by atoms with Gasteiger partial charge in [-0.3, -0.25) is 0 Å². The van der Waals surface area contributed by atoms with Gasteiger partial charge in [-0.2, -0.15) is 11.8 Å². The van der Waals surface area contributed by atoms with Gasteiger partial charge in [-0.05, 0) is 19.3 Å². The van der Waals surface area contributed by atoms with Gasteiger partial charge in [0.1, 0.15) is 0 Å². The van der Waals surface area contributed by atoms with E-state index in [-0.39, 0.29) is 0 Å². The minimum absolute atomic E-state index is 0.468. The zero-order valence-electron chi connectivity index (χ0n) is 9.34. The first-order chi connectivity index (χ1) is 7.45. The predicted molar refractivity (Wildman–Crippen MR) is 65.6 cm³/mol. The van der Waals surface area contributed by atoms with Crippen molar-refractivity contribution in [3.8, 4) is 0 Å². The Morgan fingerprint density at radius 1 is 1.33 bits per heavy atom. The van der Waals surface area contributed by atoms with E-state index >= 15 is 0 Å². The molecule has 0 amide bonds. The van der Waals surface area contributed by atoms with E-state index in [0.717, 1.165) is 26.2 Å². The zero-order valence-corrected chi connectivity index (χ0v) is 10.2. The molecule has 15 heavy (non-hydrogen) atoms. The molecule has 4 heteroatoms. The molecule has 0 spiro atoms. The Morgan fingerprint density at radius 3 is 3.07 bits per heavy atom. The SMILES string of the molecule is C1CCC(CNCC2CSCCN2)OC1. The summed E-state index contributed by atoms with van der Waals surface area (Å²) in [6.07, 6.45) is 4.29. The number of hydrogen-bond acceptors (Lipinski definition) is 4. The van der Waals surface area contributed by atoms with Crippen molar-refractivity contribution in [1.29, 1.82) is 0 Å². The Bertz CT molecular complexity index is 150. The van der Waals surface area contributed by atoms with Gasteiger partial charge in [0.05, 0.1) is 6.10 Å². The lowest BCUT2D eigenvalue weighted by atomic mass is 10.1. The number of thioether (sulfide) groups is 1. The number of hydrogen-bond donors (Lipinski definition) is 2. The van der Waals surface area contributed by atoms with Gasteiger partial charge in [-0.15, -0.1) is 0 Å². The summed E-state index contributed by atoms with van der Waals surface area (Å²) >= 11 is 2.06. The van der Waals surface area contributed by atoms with Crippen LogP contribution in [-0.4, -0.2) is 49.9 Å². The maximum absolute atomic E-state index is 5.68. The molecule has 2 heterocycles. The third-order valence-electron chi connectivity index (χ3n) is 3.04. The van der Waals surface area contributed by atoms with E-state index in [0.29, 0.717) is 12.1 Å². The molecule has 2 unspecified atom stereocenters. The van der Waals surface area contributed by atoms with Gasteiger partial charge in [0.15, 0.2) is 0 Å². The summed E-state index contributed by atoms with van der Waals surface area (Å²) in [7, 11) is 0. The molecule has 2 aliphatic rings. The van der Waals surface area contributed by atoms with Crippen molar-refractivity contribution in [3.05, 3.63) is 0 Å². The summed E-state index contributed by atoms with van der Waals surface area (Å²) in [6.45, 7) is 4.25. The molecule has 0 radical (unpaired) electrons.